The molecule has 8 heteroatoms. The highest BCUT2D eigenvalue weighted by molar-refractivity contribution is 6.30. The number of pyridine rings is 1. The van der Waals surface area contributed by atoms with E-state index in [1.165, 1.54) is 0 Å². The van der Waals surface area contributed by atoms with Crippen LogP contribution in [0.25, 0.3) is 22.6 Å². The van der Waals surface area contributed by atoms with E-state index < -0.39 is 0 Å². The van der Waals surface area contributed by atoms with Crippen molar-refractivity contribution in [3.63, 3.8) is 0 Å². The van der Waals surface area contributed by atoms with Crippen molar-refractivity contribution in [2.75, 3.05) is 20.8 Å². The molecule has 7 nitrogen and oxygen atoms in total. The summed E-state index contributed by atoms with van der Waals surface area (Å²) in [6.07, 6.45) is 2.60. The number of hydrogen-bond acceptors (Lipinski definition) is 6. The van der Waals surface area contributed by atoms with Crippen molar-refractivity contribution in [1.29, 1.82) is 0 Å². The Balaban J connectivity index is 1.30. The van der Waals surface area contributed by atoms with Gasteiger partial charge < -0.3 is 14.5 Å². The Bertz CT molecular complexity index is 1400. The lowest BCUT2D eigenvalue weighted by Gasteiger charge is -2.27. The van der Waals surface area contributed by atoms with Crippen molar-refractivity contribution in [3.8, 4) is 34.1 Å². The van der Waals surface area contributed by atoms with E-state index in [1.807, 2.05) is 42.6 Å². The highest BCUT2D eigenvalue weighted by atomic mass is 35.5. The number of methoxy groups -OCH3 is 2. The summed E-state index contributed by atoms with van der Waals surface area (Å²) in [5, 5.41) is 0.649. The fraction of sp³-hybridized carbons (Fsp3) is 0.222. The molecule has 0 saturated heterocycles. The maximum absolute atomic E-state index is 12.8. The van der Waals surface area contributed by atoms with Crippen LogP contribution in [0.4, 0.5) is 0 Å². The van der Waals surface area contributed by atoms with Crippen molar-refractivity contribution in [2.24, 2.45) is 0 Å². The molecule has 0 spiro atoms. The zero-order valence-corrected chi connectivity index (χ0v) is 20.3. The Morgan fingerprint density at radius 3 is 2.49 bits per heavy atom. The van der Waals surface area contributed by atoms with E-state index in [-0.39, 0.29) is 5.56 Å². The third-order valence-electron chi connectivity index (χ3n) is 6.18. The minimum absolute atomic E-state index is 0.0911. The molecule has 1 aliphatic rings. The molecule has 178 valence electrons. The molecule has 0 aliphatic carbocycles. The van der Waals surface area contributed by atoms with Crippen LogP contribution in [0.3, 0.4) is 0 Å². The second-order valence-corrected chi connectivity index (χ2v) is 8.87. The molecule has 4 aromatic rings. The van der Waals surface area contributed by atoms with Gasteiger partial charge in [0.15, 0.2) is 11.5 Å². The SMILES string of the molecule is COc1ccc(-c2ccc(CN3CCc4nc(-c5ccc(Cl)cc5)[nH]c(=O)c4C3)cn2)cc1OC. The number of aromatic amines is 1. The van der Waals surface area contributed by atoms with Gasteiger partial charge in [-0.15, -0.1) is 0 Å². The molecule has 1 N–H and O–H groups in total. The van der Waals surface area contributed by atoms with Crippen LogP contribution in [0.1, 0.15) is 16.8 Å². The minimum atomic E-state index is -0.0911. The van der Waals surface area contributed by atoms with Crippen LogP contribution in [0.5, 0.6) is 11.5 Å². The van der Waals surface area contributed by atoms with Gasteiger partial charge in [-0.25, -0.2) is 4.98 Å². The van der Waals surface area contributed by atoms with Crippen molar-refractivity contribution in [3.05, 3.63) is 93.0 Å². The maximum Gasteiger partial charge on any atom is 0.255 e. The van der Waals surface area contributed by atoms with Crippen LogP contribution in [0.15, 0.2) is 65.6 Å². The Hall–Kier alpha value is -3.68. The van der Waals surface area contributed by atoms with Gasteiger partial charge in [0.05, 0.1) is 31.2 Å². The van der Waals surface area contributed by atoms with Crippen LogP contribution in [0.2, 0.25) is 5.02 Å². The first-order valence-electron chi connectivity index (χ1n) is 11.3. The lowest BCUT2D eigenvalue weighted by Crippen LogP contribution is -2.35. The highest BCUT2D eigenvalue weighted by Crippen LogP contribution is 2.31. The summed E-state index contributed by atoms with van der Waals surface area (Å²) in [5.41, 5.74) is 5.23. The van der Waals surface area contributed by atoms with Gasteiger partial charge in [-0.2, -0.15) is 0 Å². The van der Waals surface area contributed by atoms with Gasteiger partial charge in [-0.05, 0) is 54.1 Å². The van der Waals surface area contributed by atoms with Crippen molar-refractivity contribution in [2.45, 2.75) is 19.5 Å². The normalized spacial score (nSPS) is 13.3. The summed E-state index contributed by atoms with van der Waals surface area (Å²) in [7, 11) is 3.24. The molecule has 0 atom stereocenters. The van der Waals surface area contributed by atoms with Crippen molar-refractivity contribution < 1.29 is 9.47 Å². The van der Waals surface area contributed by atoms with Crippen LogP contribution in [-0.2, 0) is 19.5 Å². The van der Waals surface area contributed by atoms with Gasteiger partial charge in [-0.3, -0.25) is 14.7 Å². The minimum Gasteiger partial charge on any atom is -0.493 e. The van der Waals surface area contributed by atoms with Gasteiger partial charge >= 0.3 is 0 Å². The predicted molar refractivity (Wildman–Crippen MR) is 136 cm³/mol. The van der Waals surface area contributed by atoms with E-state index >= 15 is 0 Å². The molecule has 35 heavy (non-hydrogen) atoms. The van der Waals surface area contributed by atoms with Gasteiger partial charge in [0.1, 0.15) is 5.82 Å². The zero-order valence-electron chi connectivity index (χ0n) is 19.5. The second-order valence-electron chi connectivity index (χ2n) is 8.43. The molecule has 0 fully saturated rings. The van der Waals surface area contributed by atoms with E-state index in [1.54, 1.807) is 26.4 Å². The first-order valence-corrected chi connectivity index (χ1v) is 11.7. The van der Waals surface area contributed by atoms with Crippen LogP contribution in [-0.4, -0.2) is 40.6 Å². The molecule has 5 rings (SSSR count). The molecular formula is C27H25ClN4O3. The molecule has 2 aromatic carbocycles. The standard InChI is InChI=1S/C27H25ClN4O3/c1-34-24-10-6-19(13-25(24)35-2)22-9-3-17(14-29-22)15-32-12-11-23-21(16-32)27(33)31-26(30-23)18-4-7-20(28)8-5-18/h3-10,13-14H,11-12,15-16H2,1-2H3,(H,30,31,33). The average Bonchev–Trinajstić information content (AvgIpc) is 2.89. The third kappa shape index (κ3) is 4.92. The van der Waals surface area contributed by atoms with E-state index in [0.717, 1.165) is 46.6 Å². The molecule has 0 saturated carbocycles. The summed E-state index contributed by atoms with van der Waals surface area (Å²) in [6, 6.07) is 17.1. The Morgan fingerprint density at radius 2 is 1.77 bits per heavy atom. The van der Waals surface area contributed by atoms with Crippen LogP contribution < -0.4 is 15.0 Å². The summed E-state index contributed by atoms with van der Waals surface area (Å²) in [6.45, 7) is 2.08. The molecule has 3 heterocycles. The average molecular weight is 489 g/mol. The zero-order chi connectivity index (χ0) is 24.4. The number of hydrogen-bond donors (Lipinski definition) is 1. The smallest absolute Gasteiger partial charge is 0.255 e. The van der Waals surface area contributed by atoms with E-state index in [9.17, 15) is 4.79 Å². The number of nitrogens with one attached hydrogen (secondary N) is 1. The fourth-order valence-electron chi connectivity index (χ4n) is 4.30. The number of aromatic nitrogens is 3. The van der Waals surface area contributed by atoms with Crippen molar-refractivity contribution >= 4 is 11.6 Å². The largest absolute Gasteiger partial charge is 0.493 e. The van der Waals surface area contributed by atoms with E-state index in [4.69, 9.17) is 26.1 Å². The summed E-state index contributed by atoms with van der Waals surface area (Å²) >= 11 is 5.98. The Morgan fingerprint density at radius 1 is 1.00 bits per heavy atom. The van der Waals surface area contributed by atoms with Crippen LogP contribution in [0, 0.1) is 0 Å². The highest BCUT2D eigenvalue weighted by Gasteiger charge is 2.22. The molecule has 0 unspecified atom stereocenters. The maximum atomic E-state index is 12.8. The molecule has 2 aromatic heterocycles. The summed E-state index contributed by atoms with van der Waals surface area (Å²) in [4.78, 5) is 27.4. The Kier molecular flexibility index (Phi) is 6.53. The number of fused-ring (bicyclic) bond motifs is 1. The number of H-pyrrole nitrogens is 1. The second kappa shape index (κ2) is 9.90. The third-order valence-corrected chi connectivity index (χ3v) is 6.43. The van der Waals surface area contributed by atoms with Crippen molar-refractivity contribution in [1.82, 2.24) is 19.9 Å². The van der Waals surface area contributed by atoms with E-state index in [2.05, 4.69) is 20.9 Å². The first-order chi connectivity index (χ1) is 17.0. The van der Waals surface area contributed by atoms with E-state index in [0.29, 0.717) is 35.4 Å². The number of benzene rings is 2. The van der Waals surface area contributed by atoms with Gasteiger partial charge in [0, 0.05) is 48.4 Å². The monoisotopic (exact) mass is 488 g/mol. The quantitative estimate of drug-likeness (QED) is 0.422. The number of ether oxygens (including phenoxy) is 2. The lowest BCUT2D eigenvalue weighted by atomic mass is 10.1. The lowest BCUT2D eigenvalue weighted by molar-refractivity contribution is 0.241. The van der Waals surface area contributed by atoms with Gasteiger partial charge in [0.25, 0.3) is 5.56 Å². The van der Waals surface area contributed by atoms with Crippen LogP contribution >= 0.6 is 11.6 Å². The Labute approximate surface area is 208 Å². The molecule has 0 amide bonds. The molecule has 1 aliphatic heterocycles. The molecule has 0 radical (unpaired) electrons. The van der Waals surface area contributed by atoms with Gasteiger partial charge in [-0.1, -0.05) is 17.7 Å². The molecular weight excluding hydrogens is 464 g/mol. The molecule has 0 bridgehead atoms. The topological polar surface area (TPSA) is 80.3 Å². The number of rotatable bonds is 6. The first kappa shape index (κ1) is 23.1. The van der Waals surface area contributed by atoms with Gasteiger partial charge in [0.2, 0.25) is 0 Å². The summed E-state index contributed by atoms with van der Waals surface area (Å²) < 4.78 is 10.7. The summed E-state index contributed by atoms with van der Waals surface area (Å²) in [5.74, 6) is 1.93. The fourth-order valence-corrected chi connectivity index (χ4v) is 4.43. The number of nitrogens with zero attached hydrogens (tertiary/aromatic N) is 3. The number of halogens is 1. The predicted octanol–water partition coefficient (Wildman–Crippen LogP) is 4.73.